The lowest BCUT2D eigenvalue weighted by Gasteiger charge is -2.05. The van der Waals surface area contributed by atoms with E-state index in [1.807, 2.05) is 0 Å². The molecule has 4 nitrogen and oxygen atoms in total. The largest absolute Gasteiger partial charge is 0.493 e. The van der Waals surface area contributed by atoms with Gasteiger partial charge in [0, 0.05) is 10.0 Å². The fraction of sp³-hybridized carbons (Fsp3) is 0.0909. The Hall–Kier alpha value is -1.69. The number of hydrogen-bond donors (Lipinski definition) is 2. The molecule has 0 saturated carbocycles. The molecule has 2 aromatic rings. The van der Waals surface area contributed by atoms with Gasteiger partial charge < -0.3 is 10.1 Å². The van der Waals surface area contributed by atoms with Gasteiger partial charge in [0.2, 0.25) is 5.88 Å². The average molecular weight is 299 g/mol. The van der Waals surface area contributed by atoms with Crippen molar-refractivity contribution < 1.29 is 9.50 Å². The number of rotatable bonds is 1. The lowest BCUT2D eigenvalue weighted by molar-refractivity contribution is 0.447. The minimum Gasteiger partial charge on any atom is -0.493 e. The molecule has 0 fully saturated rings. The molecule has 0 amide bonds. The lowest BCUT2D eigenvalue weighted by Crippen LogP contribution is -2.12. The molecular formula is C11H8BrFN2O2. The van der Waals surface area contributed by atoms with Gasteiger partial charge in [-0.15, -0.1) is 0 Å². The van der Waals surface area contributed by atoms with Crippen LogP contribution in [0.15, 0.2) is 27.5 Å². The van der Waals surface area contributed by atoms with Crippen molar-refractivity contribution in [1.82, 2.24) is 9.97 Å². The summed E-state index contributed by atoms with van der Waals surface area (Å²) < 4.78 is 13.4. The highest BCUT2D eigenvalue weighted by Crippen LogP contribution is 2.26. The molecule has 1 aromatic carbocycles. The molecule has 0 aliphatic rings. The molecule has 1 aromatic heterocycles. The molecule has 0 aliphatic heterocycles. The van der Waals surface area contributed by atoms with Gasteiger partial charge in [0.1, 0.15) is 11.6 Å². The number of aromatic nitrogens is 2. The molecule has 0 radical (unpaired) electrons. The number of H-pyrrole nitrogens is 1. The van der Waals surface area contributed by atoms with Gasteiger partial charge in [-0.25, -0.2) is 4.39 Å². The Morgan fingerprint density at radius 3 is 2.76 bits per heavy atom. The second kappa shape index (κ2) is 4.29. The van der Waals surface area contributed by atoms with E-state index < -0.39 is 11.4 Å². The Morgan fingerprint density at radius 1 is 1.47 bits per heavy atom. The fourth-order valence-electron chi connectivity index (χ4n) is 1.33. The molecule has 0 spiro atoms. The number of halogens is 2. The van der Waals surface area contributed by atoms with Crippen LogP contribution in [0.1, 0.15) is 5.56 Å². The van der Waals surface area contributed by atoms with Crippen molar-refractivity contribution >= 4 is 15.9 Å². The van der Waals surface area contributed by atoms with Crippen molar-refractivity contribution in [1.29, 1.82) is 0 Å². The molecule has 2 N–H and O–H groups in total. The molecule has 17 heavy (non-hydrogen) atoms. The van der Waals surface area contributed by atoms with Crippen LogP contribution in [0.4, 0.5) is 4.39 Å². The number of benzene rings is 1. The summed E-state index contributed by atoms with van der Waals surface area (Å²) in [4.78, 5) is 17.8. The first-order valence-electron chi connectivity index (χ1n) is 4.74. The van der Waals surface area contributed by atoms with E-state index in [4.69, 9.17) is 0 Å². The Bertz CT molecular complexity index is 640. The van der Waals surface area contributed by atoms with Gasteiger partial charge in [0.15, 0.2) is 0 Å². The molecule has 6 heteroatoms. The second-order valence-electron chi connectivity index (χ2n) is 3.49. The maximum atomic E-state index is 12.9. The Balaban J connectivity index is 2.65. The summed E-state index contributed by atoms with van der Waals surface area (Å²) in [5.41, 5.74) is 0.217. The zero-order chi connectivity index (χ0) is 12.6. The van der Waals surface area contributed by atoms with Crippen LogP contribution in [0, 0.1) is 12.7 Å². The SMILES string of the molecule is Cc1c(O)nc(-c2ccc(F)cc2Br)[nH]c1=O. The Morgan fingerprint density at radius 2 is 2.18 bits per heavy atom. The number of aromatic amines is 1. The van der Waals surface area contributed by atoms with Gasteiger partial charge in [0.25, 0.3) is 5.56 Å². The Labute approximate surface area is 104 Å². The van der Waals surface area contributed by atoms with Crippen molar-refractivity contribution in [2.24, 2.45) is 0 Å². The maximum absolute atomic E-state index is 12.9. The molecule has 88 valence electrons. The van der Waals surface area contributed by atoms with Gasteiger partial charge in [-0.1, -0.05) is 0 Å². The van der Waals surface area contributed by atoms with E-state index in [1.165, 1.54) is 25.1 Å². The van der Waals surface area contributed by atoms with Crippen molar-refractivity contribution in [2.45, 2.75) is 6.92 Å². The highest BCUT2D eigenvalue weighted by Gasteiger charge is 2.10. The van der Waals surface area contributed by atoms with E-state index in [2.05, 4.69) is 25.9 Å². The van der Waals surface area contributed by atoms with Crippen molar-refractivity contribution in [3.8, 4) is 17.3 Å². The van der Waals surface area contributed by atoms with Crippen LogP contribution in [-0.4, -0.2) is 15.1 Å². The summed E-state index contributed by atoms with van der Waals surface area (Å²) >= 11 is 3.17. The minimum absolute atomic E-state index is 0.145. The highest BCUT2D eigenvalue weighted by atomic mass is 79.9. The quantitative estimate of drug-likeness (QED) is 0.849. The van der Waals surface area contributed by atoms with Crippen LogP contribution in [0.5, 0.6) is 5.88 Å². The van der Waals surface area contributed by atoms with Gasteiger partial charge in [0.05, 0.1) is 5.56 Å². The summed E-state index contributed by atoms with van der Waals surface area (Å²) in [6, 6.07) is 3.97. The molecule has 0 bridgehead atoms. The molecule has 0 unspecified atom stereocenters. The zero-order valence-corrected chi connectivity index (χ0v) is 10.4. The first-order valence-corrected chi connectivity index (χ1v) is 5.53. The maximum Gasteiger partial charge on any atom is 0.257 e. The van der Waals surface area contributed by atoms with Gasteiger partial charge in [-0.2, -0.15) is 4.98 Å². The van der Waals surface area contributed by atoms with Crippen LogP contribution in [0.2, 0.25) is 0 Å². The zero-order valence-electron chi connectivity index (χ0n) is 8.79. The molecule has 0 aliphatic carbocycles. The minimum atomic E-state index is -0.427. The van der Waals surface area contributed by atoms with Crippen LogP contribution in [0.25, 0.3) is 11.4 Å². The normalized spacial score (nSPS) is 10.5. The predicted octanol–water partition coefficient (Wildman–Crippen LogP) is 2.35. The number of nitrogens with one attached hydrogen (secondary N) is 1. The van der Waals surface area contributed by atoms with Crippen molar-refractivity contribution in [3.63, 3.8) is 0 Å². The molecule has 0 atom stereocenters. The second-order valence-corrected chi connectivity index (χ2v) is 4.34. The summed E-state index contributed by atoms with van der Waals surface area (Å²) in [6.07, 6.45) is 0. The number of aromatic hydroxyl groups is 1. The standard InChI is InChI=1S/C11H8BrFN2O2/c1-5-10(16)14-9(15-11(5)17)7-3-2-6(13)4-8(7)12/h2-4H,1H3,(H2,14,15,16,17). The van der Waals surface area contributed by atoms with Crippen LogP contribution in [-0.2, 0) is 0 Å². The molecular weight excluding hydrogens is 291 g/mol. The average Bonchev–Trinajstić information content (AvgIpc) is 2.25. The van der Waals surface area contributed by atoms with Crippen LogP contribution >= 0.6 is 15.9 Å². The third-order valence-electron chi connectivity index (χ3n) is 2.31. The van der Waals surface area contributed by atoms with Crippen LogP contribution < -0.4 is 5.56 Å². The third-order valence-corrected chi connectivity index (χ3v) is 2.97. The molecule has 2 rings (SSSR count). The molecule has 1 heterocycles. The van der Waals surface area contributed by atoms with Crippen molar-refractivity contribution in [3.05, 3.63) is 44.4 Å². The first-order chi connectivity index (χ1) is 7.99. The van der Waals surface area contributed by atoms with E-state index in [0.717, 1.165) is 0 Å². The van der Waals surface area contributed by atoms with Gasteiger partial charge >= 0.3 is 0 Å². The summed E-state index contributed by atoms with van der Waals surface area (Å²) in [6.45, 7) is 1.46. The first kappa shape index (κ1) is 11.8. The lowest BCUT2D eigenvalue weighted by atomic mass is 10.2. The van der Waals surface area contributed by atoms with Crippen LogP contribution in [0.3, 0.4) is 0 Å². The smallest absolute Gasteiger partial charge is 0.257 e. The predicted molar refractivity (Wildman–Crippen MR) is 64.4 cm³/mol. The van der Waals surface area contributed by atoms with E-state index in [9.17, 15) is 14.3 Å². The Kier molecular flexibility index (Phi) is 2.97. The van der Waals surface area contributed by atoms with Gasteiger partial charge in [-0.05, 0) is 41.1 Å². The highest BCUT2D eigenvalue weighted by molar-refractivity contribution is 9.10. The number of hydrogen-bond acceptors (Lipinski definition) is 3. The van der Waals surface area contributed by atoms with E-state index in [-0.39, 0.29) is 17.3 Å². The summed E-state index contributed by atoms with van der Waals surface area (Å²) in [7, 11) is 0. The van der Waals surface area contributed by atoms with Crippen molar-refractivity contribution in [2.75, 3.05) is 0 Å². The third kappa shape index (κ3) is 2.21. The number of nitrogens with zero attached hydrogens (tertiary/aromatic N) is 1. The van der Waals surface area contributed by atoms with E-state index >= 15 is 0 Å². The summed E-state index contributed by atoms with van der Waals surface area (Å²) in [5.74, 6) is -0.552. The monoisotopic (exact) mass is 298 g/mol. The van der Waals surface area contributed by atoms with E-state index in [0.29, 0.717) is 10.0 Å². The van der Waals surface area contributed by atoms with E-state index in [1.54, 1.807) is 0 Å². The topological polar surface area (TPSA) is 66.0 Å². The molecule has 0 saturated heterocycles. The summed E-state index contributed by atoms with van der Waals surface area (Å²) in [5, 5.41) is 9.47. The fourth-order valence-corrected chi connectivity index (χ4v) is 1.87. The van der Waals surface area contributed by atoms with Gasteiger partial charge in [-0.3, -0.25) is 4.79 Å².